The minimum atomic E-state index is -0.291. The van der Waals surface area contributed by atoms with E-state index in [1.165, 1.54) is 24.3 Å². The molecule has 0 unspecified atom stereocenters. The Hall–Kier alpha value is -1.71. The maximum Gasteiger partial charge on any atom is 0.154 e. The summed E-state index contributed by atoms with van der Waals surface area (Å²) in [6.07, 6.45) is 4.98. The van der Waals surface area contributed by atoms with Crippen molar-refractivity contribution >= 4 is 17.2 Å². The molecule has 1 nitrogen and oxygen atoms in total. The normalized spacial score (nSPS) is 11.4. The lowest BCUT2D eigenvalue weighted by Gasteiger charge is -2.26. The minimum absolute atomic E-state index is 0.291. The number of allylic oxidation sites excluding steroid dienone is 1. The molecule has 0 aliphatic rings. The Morgan fingerprint density at radius 2 is 1.52 bits per heavy atom. The van der Waals surface area contributed by atoms with Gasteiger partial charge in [0.25, 0.3) is 0 Å². The van der Waals surface area contributed by atoms with Gasteiger partial charge in [0.2, 0.25) is 0 Å². The van der Waals surface area contributed by atoms with Crippen LogP contribution in [0.1, 0.15) is 30.4 Å². The Morgan fingerprint density at radius 3 is 2.00 bits per heavy atom. The van der Waals surface area contributed by atoms with Gasteiger partial charge in [-0.2, -0.15) is 0 Å². The van der Waals surface area contributed by atoms with E-state index in [1.54, 1.807) is 12.1 Å². The van der Waals surface area contributed by atoms with Gasteiger partial charge in [-0.3, -0.25) is 0 Å². The Labute approximate surface area is 154 Å². The van der Waals surface area contributed by atoms with Crippen molar-refractivity contribution in [2.45, 2.75) is 19.3 Å². The molecule has 0 spiro atoms. The van der Waals surface area contributed by atoms with Crippen LogP contribution in [0, 0.1) is 11.6 Å². The van der Waals surface area contributed by atoms with E-state index >= 15 is 0 Å². The lowest BCUT2D eigenvalue weighted by atomic mass is 9.96. The summed E-state index contributed by atoms with van der Waals surface area (Å²) in [5.74, 6) is -0.582. The van der Waals surface area contributed by atoms with Gasteiger partial charge in [-0.25, -0.2) is 8.78 Å². The molecule has 2 aromatic rings. The largest absolute Gasteiger partial charge is 0.316 e. The number of hydrogen-bond acceptors (Lipinski definition) is 0. The highest BCUT2D eigenvalue weighted by Crippen LogP contribution is 2.25. The Bertz CT molecular complexity index is 678. The molecule has 0 bridgehead atoms. The molecule has 134 valence electrons. The van der Waals surface area contributed by atoms with Crippen molar-refractivity contribution in [2.75, 3.05) is 26.6 Å². The van der Waals surface area contributed by atoms with E-state index in [0.717, 1.165) is 47.0 Å². The van der Waals surface area contributed by atoms with Gasteiger partial charge >= 0.3 is 0 Å². The van der Waals surface area contributed by atoms with Crippen LogP contribution in [0.25, 0.3) is 5.57 Å². The molecule has 2 aromatic carbocycles. The van der Waals surface area contributed by atoms with Crippen LogP contribution in [0.2, 0.25) is 0 Å². The third kappa shape index (κ3) is 6.26. The molecule has 0 fully saturated rings. The molecule has 4 heteroatoms. The molecule has 0 radical (unpaired) electrons. The molecule has 0 saturated carbocycles. The lowest BCUT2D eigenvalue weighted by molar-refractivity contribution is -0.879. The summed E-state index contributed by atoms with van der Waals surface area (Å²) in [6.45, 7) is 1.01. The van der Waals surface area contributed by atoms with Crippen molar-refractivity contribution in [3.05, 3.63) is 77.4 Å². The predicted octanol–water partition coefficient (Wildman–Crippen LogP) is 5.84. The van der Waals surface area contributed by atoms with Crippen LogP contribution in [0.4, 0.5) is 8.78 Å². The third-order valence-corrected chi connectivity index (χ3v) is 4.81. The van der Waals surface area contributed by atoms with Crippen LogP contribution in [-0.4, -0.2) is 31.1 Å². The molecule has 0 heterocycles. The van der Waals surface area contributed by atoms with E-state index < -0.39 is 0 Å². The molecule has 25 heavy (non-hydrogen) atoms. The van der Waals surface area contributed by atoms with Gasteiger partial charge in [0.15, 0.2) is 6.00 Å². The molecule has 0 saturated heterocycles. The summed E-state index contributed by atoms with van der Waals surface area (Å²) in [4.78, 5) is 0. The summed E-state index contributed by atoms with van der Waals surface area (Å²) in [5.41, 5.74) is 2.40. The summed E-state index contributed by atoms with van der Waals surface area (Å²) < 4.78 is 28.0. The van der Waals surface area contributed by atoms with Gasteiger partial charge in [-0.1, -0.05) is 41.9 Å². The van der Waals surface area contributed by atoms with E-state index in [-0.39, 0.29) is 11.6 Å². The molecular formula is C21H25ClF2N+. The van der Waals surface area contributed by atoms with Gasteiger partial charge in [0, 0.05) is 0 Å². The van der Waals surface area contributed by atoms with Crippen molar-refractivity contribution < 1.29 is 13.3 Å². The van der Waals surface area contributed by atoms with E-state index in [9.17, 15) is 8.78 Å². The highest BCUT2D eigenvalue weighted by atomic mass is 35.5. The quantitative estimate of drug-likeness (QED) is 0.239. The van der Waals surface area contributed by atoms with E-state index in [2.05, 4.69) is 20.2 Å². The second-order valence-corrected chi connectivity index (χ2v) is 7.15. The van der Waals surface area contributed by atoms with Crippen molar-refractivity contribution in [2.24, 2.45) is 0 Å². The average Bonchev–Trinajstić information content (AvgIpc) is 2.58. The Morgan fingerprint density at radius 1 is 0.960 bits per heavy atom. The Kier molecular flexibility index (Phi) is 7.15. The fourth-order valence-electron chi connectivity index (χ4n) is 2.70. The SMILES string of the molecule is C[N+](C)(CCl)CCCCC=C(c1cccc(F)c1)c1cccc(F)c1. The summed E-state index contributed by atoms with van der Waals surface area (Å²) in [6, 6.07) is 13.5. The number of nitrogens with zero attached hydrogens (tertiary/aromatic N) is 1. The number of quaternary nitrogens is 1. The molecule has 0 aromatic heterocycles. The third-order valence-electron chi connectivity index (χ3n) is 4.16. The molecule has 0 aliphatic heterocycles. The second kappa shape index (κ2) is 9.12. The first-order valence-electron chi connectivity index (χ1n) is 8.51. The highest BCUT2D eigenvalue weighted by Gasteiger charge is 2.12. The number of alkyl halides is 1. The monoisotopic (exact) mass is 364 g/mol. The first-order chi connectivity index (χ1) is 11.9. The molecular weight excluding hydrogens is 340 g/mol. The van der Waals surface area contributed by atoms with Crippen molar-refractivity contribution in [1.29, 1.82) is 0 Å². The lowest BCUT2D eigenvalue weighted by Crippen LogP contribution is -2.38. The minimum Gasteiger partial charge on any atom is -0.316 e. The van der Waals surface area contributed by atoms with Gasteiger partial charge in [0.1, 0.15) is 11.6 Å². The topological polar surface area (TPSA) is 0 Å². The fraction of sp³-hybridized carbons (Fsp3) is 0.333. The smallest absolute Gasteiger partial charge is 0.154 e. The summed E-state index contributed by atoms with van der Waals surface area (Å²) in [5, 5.41) is 0. The van der Waals surface area contributed by atoms with E-state index in [0.29, 0.717) is 6.00 Å². The number of unbranched alkanes of at least 4 members (excludes halogenated alkanes) is 2. The maximum atomic E-state index is 13.6. The van der Waals surface area contributed by atoms with Crippen LogP contribution in [0.3, 0.4) is 0 Å². The Balaban J connectivity index is 2.15. The number of rotatable bonds is 8. The van der Waals surface area contributed by atoms with Crippen LogP contribution in [-0.2, 0) is 0 Å². The first kappa shape index (κ1) is 19.6. The van der Waals surface area contributed by atoms with Gasteiger partial charge in [-0.15, -0.1) is 0 Å². The van der Waals surface area contributed by atoms with Crippen molar-refractivity contribution in [3.63, 3.8) is 0 Å². The van der Waals surface area contributed by atoms with Crippen LogP contribution < -0.4 is 0 Å². The van der Waals surface area contributed by atoms with Crippen LogP contribution in [0.5, 0.6) is 0 Å². The zero-order valence-corrected chi connectivity index (χ0v) is 15.6. The standard InChI is InChI=1S/C21H25ClF2N/c1-25(2,16-22)13-5-3-4-12-21(17-8-6-10-19(23)14-17)18-9-7-11-20(24)15-18/h6-12,14-15H,3-5,13,16H2,1-2H3/q+1. The zero-order valence-electron chi connectivity index (χ0n) is 14.8. The molecule has 0 N–H and O–H groups in total. The summed E-state index contributed by atoms with van der Waals surface area (Å²) >= 11 is 5.94. The molecule has 0 amide bonds. The highest BCUT2D eigenvalue weighted by molar-refractivity contribution is 6.16. The number of benzene rings is 2. The van der Waals surface area contributed by atoms with E-state index in [4.69, 9.17) is 11.6 Å². The van der Waals surface area contributed by atoms with Gasteiger partial charge in [0.05, 0.1) is 20.6 Å². The van der Waals surface area contributed by atoms with Crippen molar-refractivity contribution in [1.82, 2.24) is 0 Å². The average molecular weight is 365 g/mol. The van der Waals surface area contributed by atoms with Gasteiger partial charge in [-0.05, 0) is 60.2 Å². The van der Waals surface area contributed by atoms with Gasteiger partial charge < -0.3 is 4.48 Å². The number of hydrogen-bond donors (Lipinski definition) is 0. The summed E-state index contributed by atoms with van der Waals surface area (Å²) in [7, 11) is 4.21. The molecule has 2 rings (SSSR count). The first-order valence-corrected chi connectivity index (χ1v) is 9.05. The predicted molar refractivity (Wildman–Crippen MR) is 101 cm³/mol. The maximum absolute atomic E-state index is 13.6. The second-order valence-electron chi connectivity index (χ2n) is 6.91. The van der Waals surface area contributed by atoms with Crippen LogP contribution >= 0.6 is 11.6 Å². The number of halogens is 3. The van der Waals surface area contributed by atoms with Crippen LogP contribution in [0.15, 0.2) is 54.6 Å². The molecule has 0 aliphatic carbocycles. The fourth-order valence-corrected chi connectivity index (χ4v) is 2.82. The zero-order chi connectivity index (χ0) is 18.3. The molecule has 0 atom stereocenters. The van der Waals surface area contributed by atoms with E-state index in [1.807, 2.05) is 12.1 Å². The van der Waals surface area contributed by atoms with Crippen molar-refractivity contribution in [3.8, 4) is 0 Å².